The van der Waals surface area contributed by atoms with Crippen molar-refractivity contribution in [3.63, 3.8) is 0 Å². The molecular formula is C20H20N4O2. The van der Waals surface area contributed by atoms with E-state index >= 15 is 0 Å². The maximum Gasteiger partial charge on any atom is 0.220 e. The number of anilines is 1. The van der Waals surface area contributed by atoms with Crippen molar-refractivity contribution in [2.75, 3.05) is 12.8 Å². The largest absolute Gasteiger partial charge is 0.497 e. The van der Waals surface area contributed by atoms with Gasteiger partial charge in [0.1, 0.15) is 5.75 Å². The normalized spacial score (nSPS) is 13.5. The van der Waals surface area contributed by atoms with Gasteiger partial charge in [0.2, 0.25) is 5.95 Å². The van der Waals surface area contributed by atoms with Gasteiger partial charge in [-0.25, -0.2) is 9.97 Å². The van der Waals surface area contributed by atoms with Gasteiger partial charge in [0, 0.05) is 36.5 Å². The second-order valence-electron chi connectivity index (χ2n) is 6.41. The summed E-state index contributed by atoms with van der Waals surface area (Å²) in [5, 5.41) is 0. The molecule has 2 heterocycles. The molecule has 0 unspecified atom stereocenters. The van der Waals surface area contributed by atoms with Crippen LogP contribution in [0.15, 0.2) is 36.5 Å². The number of nitrogens with zero attached hydrogens (tertiary/aromatic N) is 3. The first-order chi connectivity index (χ1) is 12.6. The van der Waals surface area contributed by atoms with Crippen LogP contribution in [0, 0.1) is 0 Å². The van der Waals surface area contributed by atoms with Crippen molar-refractivity contribution >= 4 is 11.7 Å². The summed E-state index contributed by atoms with van der Waals surface area (Å²) in [5.41, 5.74) is 11.1. The fourth-order valence-electron chi connectivity index (χ4n) is 3.73. The van der Waals surface area contributed by atoms with Crippen molar-refractivity contribution in [2.45, 2.75) is 19.3 Å². The molecule has 0 saturated carbocycles. The van der Waals surface area contributed by atoms with Crippen LogP contribution in [0.25, 0.3) is 22.5 Å². The van der Waals surface area contributed by atoms with E-state index in [1.165, 1.54) is 0 Å². The molecule has 6 nitrogen and oxygen atoms in total. The maximum atomic E-state index is 12.8. The molecule has 4 rings (SSSR count). The molecule has 1 aromatic carbocycles. The highest BCUT2D eigenvalue weighted by atomic mass is 16.5. The number of hydrogen-bond donors (Lipinski definition) is 1. The molecule has 0 radical (unpaired) electrons. The number of benzene rings is 1. The van der Waals surface area contributed by atoms with Crippen LogP contribution >= 0.6 is 0 Å². The first kappa shape index (κ1) is 16.3. The SMILES string of the molecule is COc1cccc(-c2c3c(n(C)c2-c2ccnc(N)n2)CCCC3=O)c1. The molecule has 3 aromatic rings. The van der Waals surface area contributed by atoms with Gasteiger partial charge in [-0.3, -0.25) is 4.79 Å². The Labute approximate surface area is 151 Å². The molecule has 6 heteroatoms. The van der Waals surface area contributed by atoms with Gasteiger partial charge in [-0.2, -0.15) is 0 Å². The van der Waals surface area contributed by atoms with Crippen LogP contribution in [0.4, 0.5) is 5.95 Å². The number of aromatic nitrogens is 3. The van der Waals surface area contributed by atoms with Crippen molar-refractivity contribution in [3.8, 4) is 28.3 Å². The number of rotatable bonds is 3. The van der Waals surface area contributed by atoms with Crippen molar-refractivity contribution in [1.29, 1.82) is 0 Å². The molecule has 0 aliphatic heterocycles. The van der Waals surface area contributed by atoms with E-state index in [4.69, 9.17) is 10.5 Å². The van der Waals surface area contributed by atoms with Crippen LogP contribution in [-0.4, -0.2) is 27.4 Å². The van der Waals surface area contributed by atoms with E-state index in [1.54, 1.807) is 13.3 Å². The van der Waals surface area contributed by atoms with Crippen molar-refractivity contribution in [1.82, 2.24) is 14.5 Å². The topological polar surface area (TPSA) is 83.0 Å². The van der Waals surface area contributed by atoms with E-state index < -0.39 is 0 Å². The molecule has 1 aliphatic carbocycles. The van der Waals surface area contributed by atoms with Gasteiger partial charge in [-0.05, 0) is 36.6 Å². The minimum Gasteiger partial charge on any atom is -0.497 e. The van der Waals surface area contributed by atoms with Gasteiger partial charge in [0.15, 0.2) is 5.78 Å². The molecule has 1 aliphatic rings. The summed E-state index contributed by atoms with van der Waals surface area (Å²) in [4.78, 5) is 21.2. The highest BCUT2D eigenvalue weighted by Gasteiger charge is 2.30. The Kier molecular flexibility index (Phi) is 3.95. The minimum atomic E-state index is 0.174. The third kappa shape index (κ3) is 2.54. The van der Waals surface area contributed by atoms with E-state index in [9.17, 15) is 4.79 Å². The lowest BCUT2D eigenvalue weighted by Gasteiger charge is -2.13. The average Bonchev–Trinajstić information content (AvgIpc) is 2.96. The molecule has 2 aromatic heterocycles. The van der Waals surface area contributed by atoms with Gasteiger partial charge in [-0.15, -0.1) is 0 Å². The molecular weight excluding hydrogens is 328 g/mol. The summed E-state index contributed by atoms with van der Waals surface area (Å²) >= 11 is 0. The molecule has 26 heavy (non-hydrogen) atoms. The average molecular weight is 348 g/mol. The molecule has 0 fully saturated rings. The lowest BCUT2D eigenvalue weighted by molar-refractivity contribution is 0.0972. The smallest absolute Gasteiger partial charge is 0.220 e. The first-order valence-electron chi connectivity index (χ1n) is 8.58. The zero-order valence-electron chi connectivity index (χ0n) is 14.8. The predicted molar refractivity (Wildman–Crippen MR) is 100 cm³/mol. The lowest BCUT2D eigenvalue weighted by Crippen LogP contribution is -2.12. The molecule has 0 spiro atoms. The fraction of sp³-hybridized carbons (Fsp3) is 0.250. The van der Waals surface area contributed by atoms with Crippen LogP contribution < -0.4 is 10.5 Å². The molecule has 0 atom stereocenters. The van der Waals surface area contributed by atoms with Crippen molar-refractivity contribution < 1.29 is 9.53 Å². The second kappa shape index (κ2) is 6.29. The Morgan fingerprint density at radius 2 is 2.04 bits per heavy atom. The van der Waals surface area contributed by atoms with Crippen LogP contribution in [0.3, 0.4) is 0 Å². The predicted octanol–water partition coefficient (Wildman–Crippen LogP) is 3.26. The van der Waals surface area contributed by atoms with Gasteiger partial charge in [0.05, 0.1) is 18.5 Å². The molecule has 132 valence electrons. The van der Waals surface area contributed by atoms with Gasteiger partial charge in [-0.1, -0.05) is 12.1 Å². The lowest BCUT2D eigenvalue weighted by atomic mass is 9.90. The van der Waals surface area contributed by atoms with Gasteiger partial charge >= 0.3 is 0 Å². The maximum absolute atomic E-state index is 12.8. The van der Waals surface area contributed by atoms with Crippen LogP contribution in [0.1, 0.15) is 28.9 Å². The summed E-state index contributed by atoms with van der Waals surface area (Å²) in [7, 11) is 3.62. The number of ether oxygens (including phenoxy) is 1. The summed E-state index contributed by atoms with van der Waals surface area (Å²) in [5.74, 6) is 1.13. The number of ketones is 1. The summed E-state index contributed by atoms with van der Waals surface area (Å²) in [6.07, 6.45) is 3.95. The zero-order valence-corrected chi connectivity index (χ0v) is 14.8. The Bertz CT molecular complexity index is 1010. The Hall–Kier alpha value is -3.15. The number of nitrogen functional groups attached to an aromatic ring is 1. The second-order valence-corrected chi connectivity index (χ2v) is 6.41. The molecule has 0 bridgehead atoms. The summed E-state index contributed by atoms with van der Waals surface area (Å²) in [6.45, 7) is 0. The Balaban J connectivity index is 2.06. The quantitative estimate of drug-likeness (QED) is 0.785. The number of carbonyl (C=O) groups excluding carboxylic acids is 1. The van der Waals surface area contributed by atoms with Gasteiger partial charge in [0.25, 0.3) is 0 Å². The third-order valence-electron chi connectivity index (χ3n) is 4.89. The number of Topliss-reactive ketones (excluding diaryl/α,β-unsaturated/α-hetero) is 1. The monoisotopic (exact) mass is 348 g/mol. The first-order valence-corrected chi connectivity index (χ1v) is 8.58. The minimum absolute atomic E-state index is 0.174. The highest BCUT2D eigenvalue weighted by Crippen LogP contribution is 2.41. The summed E-state index contributed by atoms with van der Waals surface area (Å²) < 4.78 is 7.45. The van der Waals surface area contributed by atoms with E-state index in [-0.39, 0.29) is 11.7 Å². The number of nitrogens with two attached hydrogens (primary N) is 1. The van der Waals surface area contributed by atoms with Crippen LogP contribution in [-0.2, 0) is 13.5 Å². The highest BCUT2D eigenvalue weighted by molar-refractivity contribution is 6.08. The number of fused-ring (bicyclic) bond motifs is 1. The van der Waals surface area contributed by atoms with E-state index in [0.29, 0.717) is 12.1 Å². The summed E-state index contributed by atoms with van der Waals surface area (Å²) in [6, 6.07) is 9.59. The molecule has 0 amide bonds. The van der Waals surface area contributed by atoms with E-state index in [0.717, 1.165) is 46.7 Å². The standard InChI is InChI=1S/C20H20N4O2/c1-24-15-7-4-8-16(25)18(15)17(12-5-3-6-13(11-12)26-2)19(24)14-9-10-22-20(21)23-14/h3,5-6,9-11H,4,7-8H2,1-2H3,(H2,21,22,23). The van der Waals surface area contributed by atoms with Crippen LogP contribution in [0.2, 0.25) is 0 Å². The van der Waals surface area contributed by atoms with Crippen molar-refractivity contribution in [3.05, 3.63) is 47.8 Å². The molecule has 0 saturated heterocycles. The van der Waals surface area contributed by atoms with Gasteiger partial charge < -0.3 is 15.0 Å². The Morgan fingerprint density at radius 3 is 2.81 bits per heavy atom. The zero-order chi connectivity index (χ0) is 18.3. The molecule has 2 N–H and O–H groups in total. The third-order valence-corrected chi connectivity index (χ3v) is 4.89. The number of methoxy groups -OCH3 is 1. The fourth-order valence-corrected chi connectivity index (χ4v) is 3.73. The van der Waals surface area contributed by atoms with Crippen LogP contribution in [0.5, 0.6) is 5.75 Å². The van der Waals surface area contributed by atoms with E-state index in [1.807, 2.05) is 37.4 Å². The van der Waals surface area contributed by atoms with Crippen molar-refractivity contribution in [2.24, 2.45) is 7.05 Å². The Morgan fingerprint density at radius 1 is 1.19 bits per heavy atom. The van der Waals surface area contributed by atoms with E-state index in [2.05, 4.69) is 14.5 Å². The number of hydrogen-bond acceptors (Lipinski definition) is 5. The number of carbonyl (C=O) groups is 1.